The van der Waals surface area contributed by atoms with E-state index in [1.807, 2.05) is 24.3 Å². The molecule has 0 radical (unpaired) electrons. The molecule has 0 saturated heterocycles. The molecule has 4 rings (SSSR count). The van der Waals surface area contributed by atoms with Crippen molar-refractivity contribution in [2.75, 3.05) is 11.9 Å². The molecule has 1 aliphatic heterocycles. The number of H-pyrrole nitrogens is 1. The van der Waals surface area contributed by atoms with Crippen molar-refractivity contribution in [2.24, 2.45) is 0 Å². The Morgan fingerprint density at radius 2 is 1.93 bits per heavy atom. The molecule has 0 fully saturated rings. The smallest absolute Gasteiger partial charge is 0.261 e. The molecule has 0 aliphatic carbocycles. The Bertz CT molecular complexity index is 1120. The summed E-state index contributed by atoms with van der Waals surface area (Å²) in [5.74, 6) is -0.418. The van der Waals surface area contributed by atoms with E-state index in [0.29, 0.717) is 29.7 Å². The van der Waals surface area contributed by atoms with Gasteiger partial charge in [-0.15, -0.1) is 0 Å². The van der Waals surface area contributed by atoms with Crippen LogP contribution in [0.2, 0.25) is 0 Å². The Labute approximate surface area is 155 Å². The van der Waals surface area contributed by atoms with E-state index in [9.17, 15) is 14.4 Å². The van der Waals surface area contributed by atoms with Crippen molar-refractivity contribution in [2.45, 2.75) is 19.9 Å². The molecule has 0 saturated carbocycles. The number of aromatic amines is 1. The first-order valence-corrected chi connectivity index (χ1v) is 8.82. The van der Waals surface area contributed by atoms with Crippen molar-refractivity contribution < 1.29 is 9.59 Å². The van der Waals surface area contributed by atoms with Gasteiger partial charge in [0, 0.05) is 42.8 Å². The number of hydrogen-bond acceptors (Lipinski definition) is 3. The maximum absolute atomic E-state index is 12.6. The molecule has 0 bridgehead atoms. The lowest BCUT2D eigenvalue weighted by molar-refractivity contribution is -0.129. The molecule has 3 aromatic rings. The van der Waals surface area contributed by atoms with Gasteiger partial charge in [0.15, 0.2) is 0 Å². The fourth-order valence-electron chi connectivity index (χ4n) is 3.44. The van der Waals surface area contributed by atoms with E-state index in [1.165, 1.54) is 11.8 Å². The van der Waals surface area contributed by atoms with E-state index in [4.69, 9.17) is 0 Å². The first-order valence-electron chi connectivity index (χ1n) is 8.82. The molecule has 2 aromatic carbocycles. The predicted molar refractivity (Wildman–Crippen MR) is 104 cm³/mol. The van der Waals surface area contributed by atoms with Gasteiger partial charge in [-0.05, 0) is 41.8 Å². The van der Waals surface area contributed by atoms with Crippen molar-refractivity contribution in [3.63, 3.8) is 0 Å². The quantitative estimate of drug-likeness (QED) is 0.736. The van der Waals surface area contributed by atoms with Gasteiger partial charge < -0.3 is 15.2 Å². The number of amides is 2. The molecule has 6 nitrogen and oxygen atoms in total. The van der Waals surface area contributed by atoms with E-state index in [2.05, 4.69) is 10.3 Å². The summed E-state index contributed by atoms with van der Waals surface area (Å²) in [6, 6.07) is 12.8. The van der Waals surface area contributed by atoms with E-state index in [-0.39, 0.29) is 16.9 Å². The Morgan fingerprint density at radius 1 is 1.11 bits per heavy atom. The summed E-state index contributed by atoms with van der Waals surface area (Å²) < 4.78 is 0. The van der Waals surface area contributed by atoms with Crippen molar-refractivity contribution in [3.8, 4) is 0 Å². The lowest BCUT2D eigenvalue weighted by Gasteiger charge is -2.28. The maximum Gasteiger partial charge on any atom is 0.261 e. The predicted octanol–water partition coefficient (Wildman–Crippen LogP) is 2.69. The van der Waals surface area contributed by atoms with Gasteiger partial charge in [-0.25, -0.2) is 0 Å². The van der Waals surface area contributed by atoms with E-state index < -0.39 is 5.91 Å². The number of fused-ring (bicyclic) bond motifs is 2. The summed E-state index contributed by atoms with van der Waals surface area (Å²) in [5.41, 5.74) is 3.25. The summed E-state index contributed by atoms with van der Waals surface area (Å²) in [5, 5.41) is 3.27. The van der Waals surface area contributed by atoms with Gasteiger partial charge in [0.1, 0.15) is 5.56 Å². The van der Waals surface area contributed by atoms with Crippen LogP contribution in [0.25, 0.3) is 10.9 Å². The number of hydrogen-bond donors (Lipinski definition) is 2. The average Bonchev–Trinajstić information content (AvgIpc) is 2.67. The van der Waals surface area contributed by atoms with Crippen molar-refractivity contribution in [3.05, 3.63) is 75.6 Å². The number of nitrogens with zero attached hydrogens (tertiary/aromatic N) is 1. The van der Waals surface area contributed by atoms with Crippen molar-refractivity contribution >= 4 is 28.4 Å². The van der Waals surface area contributed by atoms with Crippen LogP contribution in [0, 0.1) is 0 Å². The van der Waals surface area contributed by atoms with Gasteiger partial charge in [0.05, 0.1) is 0 Å². The molecule has 27 heavy (non-hydrogen) atoms. The molecule has 0 spiro atoms. The molecule has 0 unspecified atom stereocenters. The molecular formula is C21H19N3O3. The summed E-state index contributed by atoms with van der Waals surface area (Å²) in [7, 11) is 0. The average molecular weight is 361 g/mol. The first kappa shape index (κ1) is 17.0. The van der Waals surface area contributed by atoms with Gasteiger partial charge in [-0.1, -0.05) is 18.2 Å². The highest BCUT2D eigenvalue weighted by molar-refractivity contribution is 6.05. The third kappa shape index (κ3) is 3.21. The van der Waals surface area contributed by atoms with E-state index >= 15 is 0 Å². The third-order valence-electron chi connectivity index (χ3n) is 4.95. The van der Waals surface area contributed by atoms with Crippen LogP contribution in [0.3, 0.4) is 0 Å². The minimum atomic E-state index is -0.457. The lowest BCUT2D eigenvalue weighted by atomic mass is 9.99. The zero-order chi connectivity index (χ0) is 19.0. The van der Waals surface area contributed by atoms with Gasteiger partial charge >= 0.3 is 0 Å². The van der Waals surface area contributed by atoms with Gasteiger partial charge in [0.2, 0.25) is 11.3 Å². The number of pyridine rings is 1. The second-order valence-electron chi connectivity index (χ2n) is 6.71. The highest BCUT2D eigenvalue weighted by Crippen LogP contribution is 2.23. The molecule has 136 valence electrons. The molecule has 1 aromatic heterocycles. The zero-order valence-corrected chi connectivity index (χ0v) is 14.9. The zero-order valence-electron chi connectivity index (χ0n) is 14.9. The number of carbonyl (C=O) groups excluding carboxylic acids is 2. The number of benzene rings is 2. The molecule has 6 heteroatoms. The Kier molecular flexibility index (Phi) is 4.24. The number of rotatable bonds is 2. The minimum Gasteiger partial charge on any atom is -0.360 e. The molecule has 0 atom stereocenters. The van der Waals surface area contributed by atoms with Crippen LogP contribution in [-0.2, 0) is 17.8 Å². The van der Waals surface area contributed by atoms with Crippen molar-refractivity contribution in [1.82, 2.24) is 9.88 Å². The molecule has 1 aliphatic rings. The van der Waals surface area contributed by atoms with E-state index in [1.54, 1.807) is 30.0 Å². The van der Waals surface area contributed by atoms with E-state index in [0.717, 1.165) is 12.0 Å². The van der Waals surface area contributed by atoms with Crippen LogP contribution in [0.5, 0.6) is 0 Å². The standard InChI is InChI=1S/C21H19N3O3/c1-13(25)24-9-8-14-6-7-16(10-15(14)12-24)23-21(27)18-11-22-19-5-3-2-4-17(19)20(18)26/h2-7,10-11H,8-9,12H2,1H3,(H,22,26)(H,23,27). The number of aromatic nitrogens is 1. The largest absolute Gasteiger partial charge is 0.360 e. The summed E-state index contributed by atoms with van der Waals surface area (Å²) in [4.78, 5) is 41.6. The lowest BCUT2D eigenvalue weighted by Crippen LogP contribution is -2.34. The van der Waals surface area contributed by atoms with Crippen LogP contribution < -0.4 is 10.7 Å². The molecule has 2 heterocycles. The van der Waals surface area contributed by atoms with Gasteiger partial charge in [-0.2, -0.15) is 0 Å². The third-order valence-corrected chi connectivity index (χ3v) is 4.95. The summed E-state index contributed by atoms with van der Waals surface area (Å²) in [6.07, 6.45) is 2.24. The summed E-state index contributed by atoms with van der Waals surface area (Å²) in [6.45, 7) is 2.80. The number of para-hydroxylation sites is 1. The second-order valence-corrected chi connectivity index (χ2v) is 6.71. The number of anilines is 1. The topological polar surface area (TPSA) is 82.3 Å². The highest BCUT2D eigenvalue weighted by atomic mass is 16.2. The van der Waals surface area contributed by atoms with Crippen molar-refractivity contribution in [1.29, 1.82) is 0 Å². The van der Waals surface area contributed by atoms with Crippen LogP contribution >= 0.6 is 0 Å². The van der Waals surface area contributed by atoms with Crippen LogP contribution in [0.1, 0.15) is 28.4 Å². The highest BCUT2D eigenvalue weighted by Gasteiger charge is 2.19. The van der Waals surface area contributed by atoms with Crippen LogP contribution in [0.15, 0.2) is 53.5 Å². The van der Waals surface area contributed by atoms with Crippen LogP contribution in [0.4, 0.5) is 5.69 Å². The molecule has 2 amide bonds. The van der Waals surface area contributed by atoms with Gasteiger partial charge in [0.25, 0.3) is 5.91 Å². The monoisotopic (exact) mass is 361 g/mol. The first-order chi connectivity index (χ1) is 13.0. The number of carbonyl (C=O) groups is 2. The SMILES string of the molecule is CC(=O)N1CCc2ccc(NC(=O)c3c[nH]c4ccccc4c3=O)cc2C1. The van der Waals surface area contributed by atoms with Gasteiger partial charge in [-0.3, -0.25) is 14.4 Å². The minimum absolute atomic E-state index is 0.0396. The number of nitrogens with one attached hydrogen (secondary N) is 2. The normalized spacial score (nSPS) is 13.3. The molecule has 2 N–H and O–H groups in total. The second kappa shape index (κ2) is 6.72. The maximum atomic E-state index is 12.6. The fraction of sp³-hybridized carbons (Fsp3) is 0.190. The van der Waals surface area contributed by atoms with Crippen LogP contribution in [-0.4, -0.2) is 28.2 Å². The Balaban J connectivity index is 1.61. The Hall–Kier alpha value is -3.41. The Morgan fingerprint density at radius 3 is 2.74 bits per heavy atom. The molecular weight excluding hydrogens is 342 g/mol. The fourth-order valence-corrected chi connectivity index (χ4v) is 3.44. The summed E-state index contributed by atoms with van der Waals surface area (Å²) >= 11 is 0.